The summed E-state index contributed by atoms with van der Waals surface area (Å²) in [4.78, 5) is 0. The third-order valence-electron chi connectivity index (χ3n) is 3.45. The van der Waals surface area contributed by atoms with Gasteiger partial charge in [-0.3, -0.25) is 0 Å². The van der Waals surface area contributed by atoms with Crippen molar-refractivity contribution >= 4 is 15.9 Å². The van der Waals surface area contributed by atoms with Crippen molar-refractivity contribution in [3.8, 4) is 11.8 Å². The Morgan fingerprint density at radius 2 is 1.95 bits per heavy atom. The van der Waals surface area contributed by atoms with E-state index in [9.17, 15) is 0 Å². The Hall–Kier alpha value is -1.79. The van der Waals surface area contributed by atoms with Gasteiger partial charge in [0.25, 0.3) is 0 Å². The predicted octanol–water partition coefficient (Wildman–Crippen LogP) is 5.33. The van der Waals surface area contributed by atoms with Crippen LogP contribution in [0.5, 0.6) is 5.75 Å². The number of hydrogen-bond donors (Lipinski definition) is 0. The van der Waals surface area contributed by atoms with Crippen LogP contribution in [-0.2, 0) is 6.61 Å². The highest BCUT2D eigenvalue weighted by Crippen LogP contribution is 2.30. The highest BCUT2D eigenvalue weighted by Gasteiger charge is 2.09. The molecule has 0 saturated heterocycles. The van der Waals surface area contributed by atoms with Crippen molar-refractivity contribution in [2.24, 2.45) is 0 Å². The average Bonchev–Trinajstić information content (AvgIpc) is 2.46. The summed E-state index contributed by atoms with van der Waals surface area (Å²) in [7, 11) is 0. The molecule has 0 aliphatic carbocycles. The Kier molecular flexibility index (Phi) is 5.03. The van der Waals surface area contributed by atoms with E-state index in [1.54, 1.807) is 0 Å². The van der Waals surface area contributed by atoms with E-state index in [1.807, 2.05) is 37.3 Å². The molecule has 0 unspecified atom stereocenters. The second kappa shape index (κ2) is 6.78. The highest BCUT2D eigenvalue weighted by atomic mass is 79.9. The van der Waals surface area contributed by atoms with Crippen LogP contribution in [0.25, 0.3) is 0 Å². The third-order valence-corrected chi connectivity index (χ3v) is 3.94. The Labute approximate surface area is 134 Å². The minimum Gasteiger partial charge on any atom is -0.489 e. The molecule has 108 valence electrons. The average molecular weight is 344 g/mol. The normalized spacial score (nSPS) is 10.5. The van der Waals surface area contributed by atoms with Crippen LogP contribution in [0.15, 0.2) is 40.9 Å². The van der Waals surface area contributed by atoms with Crippen molar-refractivity contribution in [1.29, 1.82) is 5.26 Å². The summed E-state index contributed by atoms with van der Waals surface area (Å²) in [6, 6.07) is 13.9. The molecular formula is C18H18BrNO. The third kappa shape index (κ3) is 3.86. The van der Waals surface area contributed by atoms with Gasteiger partial charge in [0.15, 0.2) is 0 Å². The van der Waals surface area contributed by atoms with Crippen LogP contribution in [0.1, 0.15) is 42.0 Å². The smallest absolute Gasteiger partial charge is 0.123 e. The Morgan fingerprint density at radius 1 is 1.19 bits per heavy atom. The maximum atomic E-state index is 8.90. The number of ether oxygens (including phenoxy) is 1. The fraction of sp³-hybridized carbons (Fsp3) is 0.278. The van der Waals surface area contributed by atoms with Crippen LogP contribution in [0.2, 0.25) is 0 Å². The van der Waals surface area contributed by atoms with E-state index in [4.69, 9.17) is 10.00 Å². The van der Waals surface area contributed by atoms with Gasteiger partial charge in [-0.2, -0.15) is 5.26 Å². The first-order chi connectivity index (χ1) is 10.0. The number of halogens is 1. The van der Waals surface area contributed by atoms with E-state index in [0.29, 0.717) is 18.1 Å². The van der Waals surface area contributed by atoms with Gasteiger partial charge in [-0.1, -0.05) is 35.8 Å². The van der Waals surface area contributed by atoms with Gasteiger partial charge in [-0.15, -0.1) is 0 Å². The van der Waals surface area contributed by atoms with Gasteiger partial charge < -0.3 is 4.74 Å². The van der Waals surface area contributed by atoms with Crippen molar-refractivity contribution in [1.82, 2.24) is 0 Å². The topological polar surface area (TPSA) is 33.0 Å². The standard InChI is InChI=1S/C18H18BrNO/c1-12(2)17-9-16(19)6-7-18(17)21-11-15-5-4-14(10-20)8-13(15)3/h4-9,12H,11H2,1-3H3. The Bertz CT molecular complexity index is 686. The van der Waals surface area contributed by atoms with E-state index >= 15 is 0 Å². The summed E-state index contributed by atoms with van der Waals surface area (Å²) in [5.41, 5.74) is 4.06. The summed E-state index contributed by atoms with van der Waals surface area (Å²) in [5, 5.41) is 8.90. The van der Waals surface area contributed by atoms with Crippen LogP contribution in [0, 0.1) is 18.3 Å². The molecule has 0 aromatic heterocycles. The van der Waals surface area contributed by atoms with Crippen molar-refractivity contribution in [2.45, 2.75) is 33.3 Å². The van der Waals surface area contributed by atoms with Gasteiger partial charge in [0.1, 0.15) is 12.4 Å². The van der Waals surface area contributed by atoms with Crippen molar-refractivity contribution in [3.05, 3.63) is 63.1 Å². The van der Waals surface area contributed by atoms with Gasteiger partial charge in [0, 0.05) is 4.47 Å². The molecule has 0 spiro atoms. The molecule has 2 rings (SSSR count). The van der Waals surface area contributed by atoms with Gasteiger partial charge in [-0.05, 0) is 59.9 Å². The fourth-order valence-corrected chi connectivity index (χ4v) is 2.56. The first-order valence-corrected chi connectivity index (χ1v) is 7.72. The van der Waals surface area contributed by atoms with Crippen LogP contribution in [0.3, 0.4) is 0 Å². The summed E-state index contributed by atoms with van der Waals surface area (Å²) in [6.07, 6.45) is 0. The summed E-state index contributed by atoms with van der Waals surface area (Å²) in [5.74, 6) is 1.32. The zero-order valence-electron chi connectivity index (χ0n) is 12.5. The lowest BCUT2D eigenvalue weighted by Gasteiger charge is -2.15. The Morgan fingerprint density at radius 3 is 2.57 bits per heavy atom. The molecule has 0 radical (unpaired) electrons. The van der Waals surface area contributed by atoms with Crippen LogP contribution in [0.4, 0.5) is 0 Å². The fourth-order valence-electron chi connectivity index (χ4n) is 2.18. The maximum absolute atomic E-state index is 8.90. The van der Waals surface area contributed by atoms with Crippen molar-refractivity contribution < 1.29 is 4.74 Å². The highest BCUT2D eigenvalue weighted by molar-refractivity contribution is 9.10. The molecule has 0 fully saturated rings. The van der Waals surface area contributed by atoms with Gasteiger partial charge in [-0.25, -0.2) is 0 Å². The maximum Gasteiger partial charge on any atom is 0.123 e. The molecule has 0 aliphatic rings. The molecule has 0 amide bonds. The molecule has 0 atom stereocenters. The lowest BCUT2D eigenvalue weighted by Crippen LogP contribution is -2.01. The predicted molar refractivity (Wildman–Crippen MR) is 88.5 cm³/mol. The molecule has 2 aromatic rings. The van der Waals surface area contributed by atoms with Crippen molar-refractivity contribution in [3.63, 3.8) is 0 Å². The second-order valence-electron chi connectivity index (χ2n) is 5.38. The number of rotatable bonds is 4. The van der Waals surface area contributed by atoms with Crippen molar-refractivity contribution in [2.75, 3.05) is 0 Å². The largest absolute Gasteiger partial charge is 0.489 e. The molecule has 2 nitrogen and oxygen atoms in total. The first-order valence-electron chi connectivity index (χ1n) is 6.93. The molecular weight excluding hydrogens is 326 g/mol. The number of hydrogen-bond acceptors (Lipinski definition) is 2. The minimum absolute atomic E-state index is 0.402. The summed E-state index contributed by atoms with van der Waals surface area (Å²) < 4.78 is 7.05. The SMILES string of the molecule is Cc1cc(C#N)ccc1COc1ccc(Br)cc1C(C)C. The lowest BCUT2D eigenvalue weighted by molar-refractivity contribution is 0.301. The molecule has 0 aliphatic heterocycles. The summed E-state index contributed by atoms with van der Waals surface area (Å²) >= 11 is 3.50. The van der Waals surface area contributed by atoms with E-state index < -0.39 is 0 Å². The van der Waals surface area contributed by atoms with Crippen LogP contribution >= 0.6 is 15.9 Å². The van der Waals surface area contributed by atoms with E-state index in [-0.39, 0.29) is 0 Å². The molecule has 0 N–H and O–H groups in total. The molecule has 3 heteroatoms. The van der Waals surface area contributed by atoms with E-state index in [0.717, 1.165) is 21.3 Å². The number of nitriles is 1. The molecule has 21 heavy (non-hydrogen) atoms. The monoisotopic (exact) mass is 343 g/mol. The van der Waals surface area contributed by atoms with E-state index in [2.05, 4.69) is 41.9 Å². The zero-order chi connectivity index (χ0) is 15.4. The molecule has 0 heterocycles. The van der Waals surface area contributed by atoms with Gasteiger partial charge in [0.2, 0.25) is 0 Å². The number of nitrogens with zero attached hydrogens (tertiary/aromatic N) is 1. The zero-order valence-corrected chi connectivity index (χ0v) is 14.1. The van der Waals surface area contributed by atoms with Crippen LogP contribution in [-0.4, -0.2) is 0 Å². The molecule has 0 saturated carbocycles. The van der Waals surface area contributed by atoms with Crippen LogP contribution < -0.4 is 4.74 Å². The second-order valence-corrected chi connectivity index (χ2v) is 6.29. The molecule has 2 aromatic carbocycles. The summed E-state index contributed by atoms with van der Waals surface area (Å²) in [6.45, 7) is 6.83. The van der Waals surface area contributed by atoms with Gasteiger partial charge in [0.05, 0.1) is 11.6 Å². The lowest BCUT2D eigenvalue weighted by atomic mass is 10.0. The van der Waals surface area contributed by atoms with E-state index in [1.165, 1.54) is 5.56 Å². The molecule has 0 bridgehead atoms. The quantitative estimate of drug-likeness (QED) is 0.751. The number of benzene rings is 2. The minimum atomic E-state index is 0.402. The Balaban J connectivity index is 2.19. The number of aryl methyl sites for hydroxylation is 1. The first kappa shape index (κ1) is 15.6. The van der Waals surface area contributed by atoms with Gasteiger partial charge >= 0.3 is 0 Å².